The average molecular weight is 329 g/mol. The third-order valence-corrected chi connectivity index (χ3v) is 4.21. The number of benzene rings is 1. The van der Waals surface area contributed by atoms with Crippen molar-refractivity contribution in [3.05, 3.63) is 74.7 Å². The monoisotopic (exact) mass is 328 g/mol. The zero-order chi connectivity index (χ0) is 16.4. The number of hydrogen-bond acceptors (Lipinski definition) is 2. The second-order valence-corrected chi connectivity index (χ2v) is 6.12. The van der Waals surface area contributed by atoms with Crippen molar-refractivity contribution in [3.63, 3.8) is 0 Å². The fourth-order valence-corrected chi connectivity index (χ4v) is 2.76. The summed E-state index contributed by atoms with van der Waals surface area (Å²) in [7, 11) is 0. The number of carbonyl (C=O) groups excluding carboxylic acids is 1. The molecule has 1 aliphatic heterocycles. The van der Waals surface area contributed by atoms with E-state index < -0.39 is 0 Å². The van der Waals surface area contributed by atoms with Gasteiger partial charge in [0, 0.05) is 23.7 Å². The molecule has 2 aromatic rings. The van der Waals surface area contributed by atoms with Crippen LogP contribution in [0.3, 0.4) is 0 Å². The third-order valence-electron chi connectivity index (χ3n) is 3.91. The van der Waals surface area contributed by atoms with Gasteiger partial charge < -0.3 is 10.3 Å². The van der Waals surface area contributed by atoms with Gasteiger partial charge in [0.25, 0.3) is 5.56 Å². The van der Waals surface area contributed by atoms with Gasteiger partial charge in [-0.25, -0.2) is 0 Å². The van der Waals surface area contributed by atoms with Crippen LogP contribution in [0.4, 0.5) is 0 Å². The molecule has 2 heterocycles. The first-order valence-corrected chi connectivity index (χ1v) is 7.88. The van der Waals surface area contributed by atoms with Gasteiger partial charge in [-0.15, -0.1) is 0 Å². The maximum Gasteiger partial charge on any atom is 0.267 e. The molecule has 2 N–H and O–H groups in total. The number of hydrogen-bond donors (Lipinski definition) is 2. The van der Waals surface area contributed by atoms with E-state index in [0.29, 0.717) is 12.1 Å². The Bertz CT molecular complexity index is 822. The van der Waals surface area contributed by atoms with Crippen LogP contribution in [0.2, 0.25) is 5.02 Å². The van der Waals surface area contributed by atoms with Crippen LogP contribution in [-0.4, -0.2) is 16.9 Å². The zero-order valence-electron chi connectivity index (χ0n) is 12.7. The average Bonchev–Trinajstić information content (AvgIpc) is 2.94. The van der Waals surface area contributed by atoms with Gasteiger partial charge in [-0.2, -0.15) is 0 Å². The molecule has 1 aliphatic rings. The minimum atomic E-state index is -0.322. The first-order valence-electron chi connectivity index (χ1n) is 7.50. The molecule has 0 radical (unpaired) electrons. The van der Waals surface area contributed by atoms with Crippen molar-refractivity contribution in [3.8, 4) is 0 Å². The Kier molecular flexibility index (Phi) is 4.35. The van der Waals surface area contributed by atoms with Crippen molar-refractivity contribution >= 4 is 23.1 Å². The van der Waals surface area contributed by atoms with Crippen LogP contribution >= 0.6 is 11.6 Å². The highest BCUT2D eigenvalue weighted by Crippen LogP contribution is 2.24. The van der Waals surface area contributed by atoms with E-state index in [0.717, 1.165) is 23.1 Å². The number of carbonyl (C=O) groups is 1. The molecule has 0 saturated carbocycles. The highest BCUT2D eigenvalue weighted by Gasteiger charge is 2.20. The summed E-state index contributed by atoms with van der Waals surface area (Å²) in [6.45, 7) is 2.02. The molecule has 3 rings (SSSR count). The molecule has 1 fully saturated rings. The number of halogens is 1. The molecule has 1 amide bonds. The number of amides is 1. The summed E-state index contributed by atoms with van der Waals surface area (Å²) in [6, 6.07) is 11.4. The van der Waals surface area contributed by atoms with Gasteiger partial charge in [-0.1, -0.05) is 47.5 Å². The Hall–Kier alpha value is -2.33. The summed E-state index contributed by atoms with van der Waals surface area (Å²) in [5.74, 6) is 0.0547. The molecular formula is C18H17ClN2O2. The molecule has 0 unspecified atom stereocenters. The predicted molar refractivity (Wildman–Crippen MR) is 91.5 cm³/mol. The Morgan fingerprint density at radius 2 is 1.91 bits per heavy atom. The van der Waals surface area contributed by atoms with Crippen LogP contribution in [0.15, 0.2) is 47.3 Å². The first-order chi connectivity index (χ1) is 11.0. The predicted octanol–water partition coefficient (Wildman–Crippen LogP) is 3.05. The molecule has 1 saturated heterocycles. The van der Waals surface area contributed by atoms with Gasteiger partial charge in [-0.3, -0.25) is 9.59 Å². The van der Waals surface area contributed by atoms with Crippen LogP contribution in [-0.2, 0) is 4.79 Å². The fraction of sp³-hybridized carbons (Fsp3) is 0.222. The molecule has 23 heavy (non-hydrogen) atoms. The fourth-order valence-electron chi connectivity index (χ4n) is 2.65. The van der Waals surface area contributed by atoms with Crippen molar-refractivity contribution in [2.45, 2.75) is 25.8 Å². The normalized spacial score (nSPS) is 18.1. The van der Waals surface area contributed by atoms with Gasteiger partial charge in [0.1, 0.15) is 5.02 Å². The first kappa shape index (κ1) is 15.6. The second kappa shape index (κ2) is 6.42. The lowest BCUT2D eigenvalue weighted by atomic mass is 9.98. The summed E-state index contributed by atoms with van der Waals surface area (Å²) in [4.78, 5) is 26.1. The Labute approximate surface area is 139 Å². The summed E-state index contributed by atoms with van der Waals surface area (Å²) in [6.07, 6.45) is 3.28. The molecule has 0 aliphatic carbocycles. The zero-order valence-corrected chi connectivity index (χ0v) is 13.5. The van der Waals surface area contributed by atoms with Gasteiger partial charge in [0.2, 0.25) is 5.91 Å². The smallest absolute Gasteiger partial charge is 0.267 e. The lowest BCUT2D eigenvalue weighted by Gasteiger charge is -2.12. The Balaban J connectivity index is 2.07. The largest absolute Gasteiger partial charge is 0.350 e. The molecular weight excluding hydrogens is 312 g/mol. The lowest BCUT2D eigenvalue weighted by molar-refractivity contribution is -0.119. The topological polar surface area (TPSA) is 62.0 Å². The van der Waals surface area contributed by atoms with Crippen molar-refractivity contribution in [2.75, 3.05) is 0 Å². The quantitative estimate of drug-likeness (QED) is 0.909. The molecule has 4 nitrogen and oxygen atoms in total. The number of aryl methyl sites for hydroxylation is 1. The van der Waals surface area contributed by atoms with Crippen molar-refractivity contribution in [1.29, 1.82) is 0 Å². The van der Waals surface area contributed by atoms with E-state index in [1.54, 1.807) is 12.1 Å². The van der Waals surface area contributed by atoms with Crippen LogP contribution in [0.1, 0.15) is 29.7 Å². The summed E-state index contributed by atoms with van der Waals surface area (Å²) >= 11 is 5.82. The number of pyridine rings is 1. The molecule has 1 aromatic heterocycles. The van der Waals surface area contributed by atoms with Gasteiger partial charge in [-0.05, 0) is 31.0 Å². The molecule has 1 aromatic carbocycles. The van der Waals surface area contributed by atoms with Gasteiger partial charge >= 0.3 is 0 Å². The van der Waals surface area contributed by atoms with Crippen molar-refractivity contribution < 1.29 is 4.79 Å². The Morgan fingerprint density at radius 1 is 1.17 bits per heavy atom. The van der Waals surface area contributed by atoms with E-state index in [1.165, 1.54) is 0 Å². The van der Waals surface area contributed by atoms with E-state index in [1.807, 2.05) is 37.3 Å². The van der Waals surface area contributed by atoms with E-state index in [-0.39, 0.29) is 22.5 Å². The number of rotatable bonds is 3. The summed E-state index contributed by atoms with van der Waals surface area (Å²) < 4.78 is 0. The van der Waals surface area contributed by atoms with E-state index in [4.69, 9.17) is 11.6 Å². The molecule has 118 valence electrons. The maximum atomic E-state index is 11.8. The lowest BCUT2D eigenvalue weighted by Crippen LogP contribution is -2.23. The molecule has 0 bridgehead atoms. The summed E-state index contributed by atoms with van der Waals surface area (Å²) in [5, 5.41) is 3.09. The summed E-state index contributed by atoms with van der Waals surface area (Å²) in [5.41, 5.74) is 3.38. The third kappa shape index (κ3) is 3.54. The van der Waals surface area contributed by atoms with Crippen LogP contribution in [0.5, 0.6) is 0 Å². The van der Waals surface area contributed by atoms with E-state index in [2.05, 4.69) is 10.3 Å². The number of H-pyrrole nitrogens is 1. The van der Waals surface area contributed by atoms with Gasteiger partial charge in [0.15, 0.2) is 0 Å². The number of aromatic nitrogens is 1. The number of aromatic amines is 1. The highest BCUT2D eigenvalue weighted by atomic mass is 35.5. The SMILES string of the molecule is Cc1ccc(/C(=C/[C@H]2CCC(=O)N2)c2ccc(Cl)c(=O)[nH]2)cc1. The van der Waals surface area contributed by atoms with E-state index in [9.17, 15) is 9.59 Å². The Morgan fingerprint density at radius 3 is 2.52 bits per heavy atom. The minimum absolute atomic E-state index is 0.0296. The van der Waals surface area contributed by atoms with E-state index >= 15 is 0 Å². The van der Waals surface area contributed by atoms with Crippen LogP contribution in [0, 0.1) is 6.92 Å². The van der Waals surface area contributed by atoms with Crippen LogP contribution in [0.25, 0.3) is 5.57 Å². The molecule has 0 spiro atoms. The highest BCUT2D eigenvalue weighted by molar-refractivity contribution is 6.30. The van der Waals surface area contributed by atoms with Crippen molar-refractivity contribution in [2.24, 2.45) is 0 Å². The minimum Gasteiger partial charge on any atom is -0.350 e. The maximum absolute atomic E-state index is 11.8. The van der Waals surface area contributed by atoms with Crippen LogP contribution < -0.4 is 10.9 Å². The second-order valence-electron chi connectivity index (χ2n) is 5.71. The van der Waals surface area contributed by atoms with Crippen molar-refractivity contribution in [1.82, 2.24) is 10.3 Å². The standard InChI is InChI=1S/C18H17ClN2O2/c1-11-2-4-12(5-3-11)14(10-13-6-9-17(22)20-13)16-8-7-15(19)18(23)21-16/h2-5,7-8,10,13H,6,9H2,1H3,(H,20,22)(H,21,23)/b14-10-/t13-/m1/s1. The molecule has 5 heteroatoms. The number of nitrogens with one attached hydrogen (secondary N) is 2. The van der Waals surface area contributed by atoms with Gasteiger partial charge in [0.05, 0.1) is 0 Å². The molecule has 1 atom stereocenters.